The molecule has 2 aromatic heterocycles. The lowest BCUT2D eigenvalue weighted by atomic mass is 10.1. The van der Waals surface area contributed by atoms with Crippen LogP contribution in [0.1, 0.15) is 36.2 Å². The second-order valence-corrected chi connectivity index (χ2v) is 7.01. The van der Waals surface area contributed by atoms with Gasteiger partial charge in [-0.2, -0.15) is 0 Å². The minimum atomic E-state index is -0.359. The third kappa shape index (κ3) is 3.72. The Hall–Kier alpha value is -3.22. The van der Waals surface area contributed by atoms with Crippen molar-refractivity contribution in [2.75, 3.05) is 19.5 Å². The molecule has 6 nitrogen and oxygen atoms in total. The SMILES string of the molecule is COc1cc(F)c(C(C)Nc2nc(-c3ccncc3)nc3c2CCC3)cc1OC. The lowest BCUT2D eigenvalue weighted by molar-refractivity contribution is 0.351. The van der Waals surface area contributed by atoms with Gasteiger partial charge in [-0.1, -0.05) is 0 Å². The fourth-order valence-corrected chi connectivity index (χ4v) is 3.67. The summed E-state index contributed by atoms with van der Waals surface area (Å²) in [5, 5.41) is 3.40. The summed E-state index contributed by atoms with van der Waals surface area (Å²) >= 11 is 0. The van der Waals surface area contributed by atoms with Gasteiger partial charge in [0.25, 0.3) is 0 Å². The van der Waals surface area contributed by atoms with Crippen LogP contribution in [0.4, 0.5) is 10.2 Å². The molecule has 1 aliphatic rings. The van der Waals surface area contributed by atoms with Gasteiger partial charge in [0.2, 0.25) is 0 Å². The Bertz CT molecular complexity index is 1030. The van der Waals surface area contributed by atoms with Gasteiger partial charge in [-0.05, 0) is 44.4 Å². The third-order valence-electron chi connectivity index (χ3n) is 5.19. The predicted molar refractivity (Wildman–Crippen MR) is 109 cm³/mol. The van der Waals surface area contributed by atoms with E-state index < -0.39 is 0 Å². The molecular formula is C22H23FN4O2. The highest BCUT2D eigenvalue weighted by Crippen LogP contribution is 2.35. The monoisotopic (exact) mass is 394 g/mol. The van der Waals surface area contributed by atoms with Crippen LogP contribution < -0.4 is 14.8 Å². The van der Waals surface area contributed by atoms with Crippen LogP contribution in [0.2, 0.25) is 0 Å². The Balaban J connectivity index is 1.70. The Labute approximate surface area is 169 Å². The maximum absolute atomic E-state index is 14.7. The molecule has 3 aromatic rings. The summed E-state index contributed by atoms with van der Waals surface area (Å²) in [5.41, 5.74) is 3.55. The number of aryl methyl sites for hydroxylation is 1. The largest absolute Gasteiger partial charge is 0.493 e. The first-order chi connectivity index (χ1) is 14.1. The summed E-state index contributed by atoms with van der Waals surface area (Å²) in [5.74, 6) is 1.89. The fraction of sp³-hybridized carbons (Fsp3) is 0.318. The number of methoxy groups -OCH3 is 2. The number of pyridine rings is 1. The van der Waals surface area contributed by atoms with Gasteiger partial charge in [0.15, 0.2) is 17.3 Å². The van der Waals surface area contributed by atoms with E-state index in [2.05, 4.69) is 10.3 Å². The van der Waals surface area contributed by atoms with Gasteiger partial charge in [-0.3, -0.25) is 4.98 Å². The number of benzene rings is 1. The Kier molecular flexibility index (Phi) is 5.29. The highest BCUT2D eigenvalue weighted by molar-refractivity contribution is 5.61. The predicted octanol–water partition coefficient (Wildman–Crippen LogP) is 4.36. The molecule has 0 fully saturated rings. The summed E-state index contributed by atoms with van der Waals surface area (Å²) in [6, 6.07) is 6.46. The van der Waals surface area contributed by atoms with Crippen LogP contribution in [-0.4, -0.2) is 29.2 Å². The van der Waals surface area contributed by atoms with Crippen LogP contribution >= 0.6 is 0 Å². The van der Waals surface area contributed by atoms with Crippen LogP contribution in [0.5, 0.6) is 11.5 Å². The lowest BCUT2D eigenvalue weighted by Gasteiger charge is -2.20. The number of nitrogens with zero attached hydrogens (tertiary/aromatic N) is 3. The number of halogens is 1. The minimum Gasteiger partial charge on any atom is -0.493 e. The number of hydrogen-bond donors (Lipinski definition) is 1. The van der Waals surface area contributed by atoms with Gasteiger partial charge in [0.1, 0.15) is 11.6 Å². The van der Waals surface area contributed by atoms with Gasteiger partial charge >= 0.3 is 0 Å². The normalized spacial score (nSPS) is 13.7. The number of anilines is 1. The van der Waals surface area contributed by atoms with Crippen molar-refractivity contribution >= 4 is 5.82 Å². The maximum atomic E-state index is 14.7. The Morgan fingerprint density at radius 1 is 1.03 bits per heavy atom. The number of ether oxygens (including phenoxy) is 2. The molecule has 0 aliphatic heterocycles. The smallest absolute Gasteiger partial charge is 0.163 e. The molecule has 7 heteroatoms. The van der Waals surface area contributed by atoms with E-state index in [9.17, 15) is 4.39 Å². The van der Waals surface area contributed by atoms with Crippen molar-refractivity contribution in [3.63, 3.8) is 0 Å². The Morgan fingerprint density at radius 2 is 1.76 bits per heavy atom. The molecule has 0 bridgehead atoms. The van der Waals surface area contributed by atoms with E-state index in [1.165, 1.54) is 20.3 Å². The van der Waals surface area contributed by atoms with E-state index in [0.717, 1.165) is 41.9 Å². The molecule has 1 aromatic carbocycles. The highest BCUT2D eigenvalue weighted by atomic mass is 19.1. The molecule has 0 spiro atoms. The van der Waals surface area contributed by atoms with Crippen LogP contribution in [0.3, 0.4) is 0 Å². The van der Waals surface area contributed by atoms with Crippen LogP contribution in [0.25, 0.3) is 11.4 Å². The molecule has 29 heavy (non-hydrogen) atoms. The van der Waals surface area contributed by atoms with Crippen LogP contribution in [-0.2, 0) is 12.8 Å². The van der Waals surface area contributed by atoms with Gasteiger partial charge < -0.3 is 14.8 Å². The molecule has 4 rings (SSSR count). The third-order valence-corrected chi connectivity index (χ3v) is 5.19. The fourth-order valence-electron chi connectivity index (χ4n) is 3.67. The lowest BCUT2D eigenvalue weighted by Crippen LogP contribution is -2.13. The van der Waals surface area contributed by atoms with E-state index in [0.29, 0.717) is 22.9 Å². The molecule has 1 aliphatic carbocycles. The van der Waals surface area contributed by atoms with E-state index in [1.54, 1.807) is 18.5 Å². The molecule has 0 amide bonds. The second kappa shape index (κ2) is 8.03. The van der Waals surface area contributed by atoms with Crippen molar-refractivity contribution < 1.29 is 13.9 Å². The number of fused-ring (bicyclic) bond motifs is 1. The molecule has 1 unspecified atom stereocenters. The maximum Gasteiger partial charge on any atom is 0.163 e. The quantitative estimate of drug-likeness (QED) is 0.670. The summed E-state index contributed by atoms with van der Waals surface area (Å²) in [4.78, 5) is 13.6. The molecule has 0 saturated carbocycles. The summed E-state index contributed by atoms with van der Waals surface area (Å²) in [7, 11) is 3.03. The highest BCUT2D eigenvalue weighted by Gasteiger charge is 2.23. The van der Waals surface area contributed by atoms with Crippen molar-refractivity contribution in [2.45, 2.75) is 32.2 Å². The first-order valence-electron chi connectivity index (χ1n) is 9.59. The topological polar surface area (TPSA) is 69.2 Å². The standard InChI is InChI=1S/C22H23FN4O2/c1-13(16-11-19(28-2)20(29-3)12-17(16)23)25-22-15-5-4-6-18(15)26-21(27-22)14-7-9-24-10-8-14/h7-13H,4-6H2,1-3H3,(H,25,26,27). The van der Waals surface area contributed by atoms with Crippen LogP contribution in [0, 0.1) is 5.82 Å². The molecule has 1 N–H and O–H groups in total. The summed E-state index contributed by atoms with van der Waals surface area (Å²) in [6.07, 6.45) is 6.32. The van der Waals surface area contributed by atoms with Gasteiger partial charge in [-0.25, -0.2) is 14.4 Å². The average Bonchev–Trinajstić information content (AvgIpc) is 3.23. The average molecular weight is 394 g/mol. The summed E-state index contributed by atoms with van der Waals surface area (Å²) < 4.78 is 25.2. The number of nitrogens with one attached hydrogen (secondary N) is 1. The number of hydrogen-bond acceptors (Lipinski definition) is 6. The zero-order valence-electron chi connectivity index (χ0n) is 16.7. The van der Waals surface area contributed by atoms with E-state index in [-0.39, 0.29) is 11.9 Å². The van der Waals surface area contributed by atoms with Crippen molar-refractivity contribution in [3.8, 4) is 22.9 Å². The molecule has 2 heterocycles. The first-order valence-corrected chi connectivity index (χ1v) is 9.59. The van der Waals surface area contributed by atoms with E-state index in [1.807, 2.05) is 19.1 Å². The molecule has 150 valence electrons. The van der Waals surface area contributed by atoms with Crippen molar-refractivity contribution in [1.29, 1.82) is 0 Å². The van der Waals surface area contributed by atoms with Gasteiger partial charge in [0.05, 0.1) is 20.3 Å². The number of aromatic nitrogens is 3. The van der Waals surface area contributed by atoms with E-state index in [4.69, 9.17) is 19.4 Å². The molecular weight excluding hydrogens is 371 g/mol. The zero-order chi connectivity index (χ0) is 20.4. The minimum absolute atomic E-state index is 0.320. The molecule has 0 saturated heterocycles. The molecule has 0 radical (unpaired) electrons. The second-order valence-electron chi connectivity index (χ2n) is 7.01. The Morgan fingerprint density at radius 3 is 2.48 bits per heavy atom. The first kappa shape index (κ1) is 19.1. The van der Waals surface area contributed by atoms with E-state index >= 15 is 0 Å². The van der Waals surface area contributed by atoms with Crippen molar-refractivity contribution in [1.82, 2.24) is 15.0 Å². The number of rotatable bonds is 6. The van der Waals surface area contributed by atoms with Crippen LogP contribution in [0.15, 0.2) is 36.7 Å². The van der Waals surface area contributed by atoms with Crippen molar-refractivity contribution in [2.24, 2.45) is 0 Å². The van der Waals surface area contributed by atoms with Gasteiger partial charge in [-0.15, -0.1) is 0 Å². The summed E-state index contributed by atoms with van der Waals surface area (Å²) in [6.45, 7) is 1.90. The zero-order valence-corrected chi connectivity index (χ0v) is 16.7. The molecule has 1 atom stereocenters. The van der Waals surface area contributed by atoms with Crippen molar-refractivity contribution in [3.05, 3.63) is 59.3 Å². The van der Waals surface area contributed by atoms with Gasteiger partial charge in [0, 0.05) is 40.8 Å².